The van der Waals surface area contributed by atoms with Crippen molar-refractivity contribution < 1.29 is 29.0 Å². The van der Waals surface area contributed by atoms with Gasteiger partial charge in [0.1, 0.15) is 12.4 Å². The van der Waals surface area contributed by atoms with E-state index >= 15 is 0 Å². The van der Waals surface area contributed by atoms with Crippen LogP contribution in [0.1, 0.15) is 29.3 Å². The minimum atomic E-state index is -1.02. The van der Waals surface area contributed by atoms with Crippen molar-refractivity contribution >= 4 is 29.7 Å². The number of amides is 1. The Morgan fingerprint density at radius 1 is 1.07 bits per heavy atom. The minimum Gasteiger partial charge on any atom is -0.481 e. The van der Waals surface area contributed by atoms with Gasteiger partial charge >= 0.3 is 18.0 Å². The third-order valence-corrected chi connectivity index (χ3v) is 3.71. The van der Waals surface area contributed by atoms with Crippen molar-refractivity contribution in [3.05, 3.63) is 59.7 Å². The summed E-state index contributed by atoms with van der Waals surface area (Å²) >= 11 is 0. The van der Waals surface area contributed by atoms with Crippen LogP contribution in [0.15, 0.2) is 53.5 Å². The third-order valence-electron chi connectivity index (χ3n) is 3.71. The van der Waals surface area contributed by atoms with Gasteiger partial charge in [-0.05, 0) is 48.9 Å². The predicted octanol–water partition coefficient (Wildman–Crippen LogP) is 1.90. The molecular weight excluding hydrogens is 392 g/mol. The van der Waals surface area contributed by atoms with E-state index in [1.807, 2.05) is 0 Å². The van der Waals surface area contributed by atoms with Crippen molar-refractivity contribution in [3.63, 3.8) is 0 Å². The van der Waals surface area contributed by atoms with Gasteiger partial charge in [0.15, 0.2) is 5.96 Å². The van der Waals surface area contributed by atoms with E-state index in [-0.39, 0.29) is 19.0 Å². The molecule has 0 fully saturated rings. The lowest BCUT2D eigenvalue weighted by Gasteiger charge is -2.12. The van der Waals surface area contributed by atoms with E-state index in [0.717, 1.165) is 0 Å². The van der Waals surface area contributed by atoms with Gasteiger partial charge in [-0.25, -0.2) is 14.6 Å². The van der Waals surface area contributed by atoms with E-state index in [4.69, 9.17) is 26.0 Å². The highest BCUT2D eigenvalue weighted by Crippen LogP contribution is 2.17. The lowest BCUT2D eigenvalue weighted by atomic mass is 10.2. The van der Waals surface area contributed by atoms with Crippen molar-refractivity contribution in [1.82, 2.24) is 5.32 Å². The van der Waals surface area contributed by atoms with Crippen LogP contribution in [0.3, 0.4) is 0 Å². The molecule has 0 aliphatic rings. The summed E-state index contributed by atoms with van der Waals surface area (Å²) in [6.45, 7) is 1.54. The molecule has 2 aromatic rings. The predicted molar refractivity (Wildman–Crippen MR) is 108 cm³/mol. The van der Waals surface area contributed by atoms with Crippen molar-refractivity contribution in [3.8, 4) is 5.75 Å². The number of guanidine groups is 1. The molecule has 0 bridgehead atoms. The van der Waals surface area contributed by atoms with E-state index in [2.05, 4.69) is 10.3 Å². The zero-order chi connectivity index (χ0) is 22.1. The molecule has 1 atom stereocenters. The van der Waals surface area contributed by atoms with Crippen LogP contribution in [0.5, 0.6) is 5.75 Å². The number of carboxylic acid groups (broad SMARTS) is 1. The molecule has 0 heterocycles. The zero-order valence-corrected chi connectivity index (χ0v) is 16.2. The quantitative estimate of drug-likeness (QED) is 0.220. The SMILES string of the molecule is CC(CC(=O)O)NC(=O)OCc1ccc(OC(=O)c2ccc(N=C(N)N)cc2)cc1. The third kappa shape index (κ3) is 7.50. The van der Waals surface area contributed by atoms with Gasteiger partial charge < -0.3 is 31.4 Å². The second-order valence-electron chi connectivity index (χ2n) is 6.34. The number of aliphatic imine (C=N–C) groups is 1. The van der Waals surface area contributed by atoms with Crippen molar-refractivity contribution in [2.45, 2.75) is 26.0 Å². The summed E-state index contributed by atoms with van der Waals surface area (Å²) in [5, 5.41) is 11.1. The molecule has 0 aliphatic carbocycles. The van der Waals surface area contributed by atoms with Crippen LogP contribution in [0.25, 0.3) is 0 Å². The van der Waals surface area contributed by atoms with Crippen LogP contribution in [0, 0.1) is 0 Å². The number of rotatable bonds is 8. The number of ether oxygens (including phenoxy) is 2. The largest absolute Gasteiger partial charge is 0.481 e. The summed E-state index contributed by atoms with van der Waals surface area (Å²) < 4.78 is 10.3. The molecule has 0 aromatic heterocycles. The van der Waals surface area contributed by atoms with E-state index < -0.39 is 24.1 Å². The van der Waals surface area contributed by atoms with Gasteiger partial charge in [-0.2, -0.15) is 0 Å². The van der Waals surface area contributed by atoms with Crippen LogP contribution in [0.4, 0.5) is 10.5 Å². The average molecular weight is 414 g/mol. The Morgan fingerprint density at radius 2 is 1.70 bits per heavy atom. The van der Waals surface area contributed by atoms with Crippen LogP contribution < -0.4 is 21.5 Å². The van der Waals surface area contributed by atoms with Crippen LogP contribution in [0.2, 0.25) is 0 Å². The van der Waals surface area contributed by atoms with Gasteiger partial charge in [0.05, 0.1) is 17.7 Å². The molecule has 0 saturated carbocycles. The lowest BCUT2D eigenvalue weighted by Crippen LogP contribution is -2.34. The van der Waals surface area contributed by atoms with E-state index in [0.29, 0.717) is 22.6 Å². The summed E-state index contributed by atoms with van der Waals surface area (Å²) in [6.07, 6.45) is -0.921. The zero-order valence-electron chi connectivity index (χ0n) is 16.2. The Balaban J connectivity index is 1.85. The number of esters is 1. The Morgan fingerprint density at radius 3 is 2.27 bits per heavy atom. The molecule has 0 saturated heterocycles. The maximum atomic E-state index is 12.2. The number of hydrogen-bond acceptors (Lipinski definition) is 6. The number of nitrogens with one attached hydrogen (secondary N) is 1. The molecule has 0 spiro atoms. The first-order valence-electron chi connectivity index (χ1n) is 8.89. The Bertz CT molecular complexity index is 921. The fourth-order valence-electron chi connectivity index (χ4n) is 2.35. The second kappa shape index (κ2) is 10.5. The highest BCUT2D eigenvalue weighted by molar-refractivity contribution is 5.91. The molecule has 6 N–H and O–H groups in total. The Labute approximate surface area is 172 Å². The number of carbonyl (C=O) groups is 3. The van der Waals surface area contributed by atoms with Gasteiger partial charge in [0, 0.05) is 6.04 Å². The fraction of sp³-hybridized carbons (Fsp3) is 0.200. The van der Waals surface area contributed by atoms with Gasteiger partial charge in [-0.15, -0.1) is 0 Å². The topological polar surface area (TPSA) is 166 Å². The average Bonchev–Trinajstić information content (AvgIpc) is 2.66. The number of carboxylic acids is 1. The second-order valence-corrected chi connectivity index (χ2v) is 6.34. The van der Waals surface area contributed by atoms with Gasteiger partial charge in [0.25, 0.3) is 0 Å². The summed E-state index contributed by atoms with van der Waals surface area (Å²) in [5.74, 6) is -1.34. The molecule has 10 heteroatoms. The Kier molecular flexibility index (Phi) is 7.74. The maximum Gasteiger partial charge on any atom is 0.407 e. The van der Waals surface area contributed by atoms with Gasteiger partial charge in [0.2, 0.25) is 0 Å². The molecule has 10 nitrogen and oxygen atoms in total. The molecule has 30 heavy (non-hydrogen) atoms. The molecular formula is C20H22N4O6. The van der Waals surface area contributed by atoms with Crippen molar-refractivity contribution in [2.24, 2.45) is 16.5 Å². The van der Waals surface area contributed by atoms with Crippen LogP contribution >= 0.6 is 0 Å². The number of nitrogens with zero attached hydrogens (tertiary/aromatic N) is 1. The summed E-state index contributed by atoms with van der Waals surface area (Å²) in [4.78, 5) is 38.3. The maximum absolute atomic E-state index is 12.2. The number of hydrogen-bond donors (Lipinski definition) is 4. The molecule has 1 amide bonds. The van der Waals surface area contributed by atoms with E-state index in [1.54, 1.807) is 43.3 Å². The number of benzene rings is 2. The van der Waals surface area contributed by atoms with Crippen LogP contribution in [-0.4, -0.2) is 35.1 Å². The highest BCUT2D eigenvalue weighted by Gasteiger charge is 2.12. The minimum absolute atomic E-state index is 0.0217. The monoisotopic (exact) mass is 414 g/mol. The Hall–Kier alpha value is -4.08. The van der Waals surface area contributed by atoms with Gasteiger partial charge in [-0.1, -0.05) is 12.1 Å². The van der Waals surface area contributed by atoms with E-state index in [9.17, 15) is 14.4 Å². The number of carbonyl (C=O) groups excluding carboxylic acids is 2. The molecule has 0 aliphatic heterocycles. The molecule has 158 valence electrons. The van der Waals surface area contributed by atoms with Gasteiger partial charge in [-0.3, -0.25) is 4.79 Å². The normalized spacial score (nSPS) is 11.1. The first-order chi connectivity index (χ1) is 14.2. The van der Waals surface area contributed by atoms with E-state index in [1.165, 1.54) is 12.1 Å². The summed E-state index contributed by atoms with van der Waals surface area (Å²) in [7, 11) is 0. The first-order valence-corrected chi connectivity index (χ1v) is 8.89. The molecule has 2 aromatic carbocycles. The number of nitrogens with two attached hydrogens (primary N) is 2. The highest BCUT2D eigenvalue weighted by atomic mass is 16.5. The standard InChI is InChI=1S/C20H22N4O6/c1-12(10-17(25)26)23-20(28)29-11-13-2-8-16(9-3-13)30-18(27)14-4-6-15(7-5-14)24-19(21)22/h2-9,12H,10-11H2,1H3,(H,23,28)(H,25,26)(H4,21,22,24). The fourth-order valence-corrected chi connectivity index (χ4v) is 2.35. The number of alkyl carbamates (subject to hydrolysis) is 1. The molecule has 2 rings (SSSR count). The van der Waals surface area contributed by atoms with Crippen molar-refractivity contribution in [1.29, 1.82) is 0 Å². The van der Waals surface area contributed by atoms with Crippen LogP contribution in [-0.2, 0) is 16.1 Å². The smallest absolute Gasteiger partial charge is 0.407 e. The summed E-state index contributed by atoms with van der Waals surface area (Å²) in [5.41, 5.74) is 12.1. The molecule has 1 unspecified atom stereocenters. The van der Waals surface area contributed by atoms with Crippen molar-refractivity contribution in [2.75, 3.05) is 0 Å². The first kappa shape index (κ1) is 22.2. The number of aliphatic carboxylic acids is 1. The lowest BCUT2D eigenvalue weighted by molar-refractivity contribution is -0.137. The molecule has 0 radical (unpaired) electrons. The summed E-state index contributed by atoms with van der Waals surface area (Å²) in [6, 6.07) is 12.1.